The summed E-state index contributed by atoms with van der Waals surface area (Å²) >= 11 is 14.4. The Morgan fingerprint density at radius 3 is 2.20 bits per heavy atom. The minimum absolute atomic E-state index is 0.597. The van der Waals surface area contributed by atoms with Crippen LogP contribution in [0, 0.1) is 0 Å². The summed E-state index contributed by atoms with van der Waals surface area (Å²) in [6, 6.07) is 12.3. The molecule has 7 heteroatoms. The number of nitrogens with zero attached hydrogens (tertiary/aromatic N) is 3. The van der Waals surface area contributed by atoms with Gasteiger partial charge in [-0.2, -0.15) is 0 Å². The van der Waals surface area contributed by atoms with E-state index in [1.807, 2.05) is 24.4 Å². The van der Waals surface area contributed by atoms with E-state index >= 15 is 0 Å². The summed E-state index contributed by atoms with van der Waals surface area (Å²) in [5, 5.41) is 3.71. The van der Waals surface area contributed by atoms with E-state index in [1.54, 1.807) is 11.3 Å². The van der Waals surface area contributed by atoms with Crippen molar-refractivity contribution in [3.8, 4) is 0 Å². The van der Waals surface area contributed by atoms with Crippen LogP contribution in [0.3, 0.4) is 0 Å². The molecule has 0 radical (unpaired) electrons. The molecule has 186 valence electrons. The van der Waals surface area contributed by atoms with Crippen molar-refractivity contribution in [2.24, 2.45) is 0 Å². The van der Waals surface area contributed by atoms with Gasteiger partial charge >= 0.3 is 0 Å². The molecule has 0 amide bonds. The second kappa shape index (κ2) is 10.8. The molecule has 1 aromatic carbocycles. The van der Waals surface area contributed by atoms with E-state index in [2.05, 4.69) is 70.2 Å². The Morgan fingerprint density at radius 2 is 1.57 bits per heavy atom. The minimum Gasteiger partial charge on any atom is -0.358 e. The molecule has 3 nitrogen and oxygen atoms in total. The molecule has 0 aliphatic heterocycles. The van der Waals surface area contributed by atoms with E-state index in [0.29, 0.717) is 21.8 Å². The van der Waals surface area contributed by atoms with Crippen LogP contribution in [0.1, 0.15) is 62.6 Å². The van der Waals surface area contributed by atoms with Crippen LogP contribution < -0.4 is 0 Å². The maximum atomic E-state index is 6.66. The summed E-state index contributed by atoms with van der Waals surface area (Å²) < 4.78 is 2.61. The highest BCUT2D eigenvalue weighted by Crippen LogP contribution is 2.45. The molecule has 0 aliphatic rings. The van der Waals surface area contributed by atoms with Crippen LogP contribution in [-0.4, -0.2) is 22.4 Å². The predicted octanol–water partition coefficient (Wildman–Crippen LogP) is 9.20. The summed E-state index contributed by atoms with van der Waals surface area (Å²) in [6.45, 7) is 14.4. The SMILES string of the molecule is CC(C)[Si](C(C)C)(C(C)C)n1cc(Cc2sc(CCc3ccc(Cl)cc3)nc2Cl)c2cccnc21. The maximum Gasteiger partial charge on any atom is 0.171 e. The standard InChI is InChI=1S/C28H35Cl2N3SSi/c1-18(2)35(19(3)4,20(5)6)33-17-22(24-8-7-15-31-28(24)33)16-25-27(30)32-26(34-25)14-11-21-9-12-23(29)13-10-21/h7-10,12-13,15,17-20H,11,14,16H2,1-6H3. The molecular formula is C28H35Cl2N3SSi. The molecule has 4 aromatic rings. The topological polar surface area (TPSA) is 30.7 Å². The van der Waals surface area contributed by atoms with Gasteiger partial charge in [-0.15, -0.1) is 11.3 Å². The lowest BCUT2D eigenvalue weighted by atomic mass is 10.1. The molecule has 35 heavy (non-hydrogen) atoms. The smallest absolute Gasteiger partial charge is 0.171 e. The molecule has 0 bridgehead atoms. The molecule has 0 unspecified atom stereocenters. The van der Waals surface area contributed by atoms with Crippen molar-refractivity contribution in [1.29, 1.82) is 0 Å². The molecule has 0 aliphatic carbocycles. The fourth-order valence-electron chi connectivity index (χ4n) is 6.07. The van der Waals surface area contributed by atoms with E-state index in [4.69, 9.17) is 33.2 Å². The largest absolute Gasteiger partial charge is 0.358 e. The van der Waals surface area contributed by atoms with Crippen molar-refractivity contribution >= 4 is 53.8 Å². The van der Waals surface area contributed by atoms with E-state index in [0.717, 1.165) is 39.8 Å². The molecule has 0 saturated heterocycles. The number of rotatable bonds is 9. The lowest BCUT2D eigenvalue weighted by Gasteiger charge is -2.44. The van der Waals surface area contributed by atoms with E-state index < -0.39 is 8.24 Å². The third kappa shape index (κ3) is 5.11. The number of hydrogen-bond donors (Lipinski definition) is 0. The Labute approximate surface area is 224 Å². The highest BCUT2D eigenvalue weighted by atomic mass is 35.5. The average Bonchev–Trinajstić information content (AvgIpc) is 3.34. The first-order valence-electron chi connectivity index (χ1n) is 12.5. The Bertz CT molecular complexity index is 1270. The summed E-state index contributed by atoms with van der Waals surface area (Å²) in [5.41, 5.74) is 5.46. The monoisotopic (exact) mass is 543 g/mol. The van der Waals surface area contributed by atoms with Crippen LogP contribution in [0.15, 0.2) is 48.8 Å². The maximum absolute atomic E-state index is 6.66. The molecule has 0 spiro atoms. The second-order valence-electron chi connectivity index (χ2n) is 10.4. The van der Waals surface area contributed by atoms with Crippen molar-refractivity contribution in [3.63, 3.8) is 0 Å². The predicted molar refractivity (Wildman–Crippen MR) is 155 cm³/mol. The Hall–Kier alpha value is -1.66. The summed E-state index contributed by atoms with van der Waals surface area (Å²) in [7, 11) is -1.93. The first kappa shape index (κ1) is 26.4. The van der Waals surface area contributed by atoms with Gasteiger partial charge < -0.3 is 4.23 Å². The highest BCUT2D eigenvalue weighted by Gasteiger charge is 2.46. The number of pyridine rings is 1. The average molecular weight is 545 g/mol. The van der Waals surface area contributed by atoms with Crippen LogP contribution >= 0.6 is 34.5 Å². The number of hydrogen-bond acceptors (Lipinski definition) is 3. The van der Waals surface area contributed by atoms with Gasteiger partial charge in [0, 0.05) is 40.5 Å². The number of fused-ring (bicyclic) bond motifs is 1. The van der Waals surface area contributed by atoms with Gasteiger partial charge in [0.2, 0.25) is 0 Å². The van der Waals surface area contributed by atoms with Crippen LogP contribution in [0.25, 0.3) is 11.0 Å². The van der Waals surface area contributed by atoms with E-state index in [1.165, 1.54) is 16.5 Å². The summed E-state index contributed by atoms with van der Waals surface area (Å²) in [4.78, 5) is 10.7. The highest BCUT2D eigenvalue weighted by molar-refractivity contribution is 7.12. The quantitative estimate of drug-likeness (QED) is 0.197. The molecule has 0 atom stereocenters. The van der Waals surface area contributed by atoms with Gasteiger partial charge in [0.05, 0.1) is 5.01 Å². The van der Waals surface area contributed by atoms with Crippen molar-refractivity contribution in [2.45, 2.75) is 77.4 Å². The van der Waals surface area contributed by atoms with Crippen molar-refractivity contribution in [2.75, 3.05) is 0 Å². The third-order valence-corrected chi connectivity index (χ3v) is 15.9. The zero-order valence-electron chi connectivity index (χ0n) is 21.5. The third-order valence-electron chi connectivity index (χ3n) is 7.42. The second-order valence-corrected chi connectivity index (χ2v) is 18.1. The van der Waals surface area contributed by atoms with Crippen LogP contribution in [0.5, 0.6) is 0 Å². The first-order valence-corrected chi connectivity index (χ1v) is 16.2. The van der Waals surface area contributed by atoms with Gasteiger partial charge in [-0.1, -0.05) is 76.9 Å². The molecule has 3 heterocycles. The zero-order valence-corrected chi connectivity index (χ0v) is 24.8. The summed E-state index contributed by atoms with van der Waals surface area (Å²) in [6.07, 6.45) is 6.91. The normalized spacial score (nSPS) is 12.5. The molecule has 0 saturated carbocycles. The number of benzene rings is 1. The minimum atomic E-state index is -1.93. The Balaban J connectivity index is 1.67. The zero-order chi connectivity index (χ0) is 25.3. The van der Waals surface area contributed by atoms with Crippen molar-refractivity contribution in [3.05, 3.63) is 80.0 Å². The fourth-order valence-corrected chi connectivity index (χ4v) is 14.1. The van der Waals surface area contributed by atoms with Gasteiger partial charge in [-0.05, 0) is 58.4 Å². The summed E-state index contributed by atoms with van der Waals surface area (Å²) in [5.74, 6) is 0. The molecular weight excluding hydrogens is 509 g/mol. The van der Waals surface area contributed by atoms with Crippen molar-refractivity contribution < 1.29 is 0 Å². The number of aryl methyl sites for hydroxylation is 2. The van der Waals surface area contributed by atoms with Gasteiger partial charge in [0.25, 0.3) is 0 Å². The lowest BCUT2D eigenvalue weighted by Crippen LogP contribution is -2.51. The molecule has 4 rings (SSSR count). The molecule has 0 N–H and O–H groups in total. The fraction of sp³-hybridized carbons (Fsp3) is 0.429. The van der Waals surface area contributed by atoms with E-state index in [-0.39, 0.29) is 0 Å². The van der Waals surface area contributed by atoms with Crippen LogP contribution in [-0.2, 0) is 19.3 Å². The first-order chi connectivity index (χ1) is 16.6. The van der Waals surface area contributed by atoms with Gasteiger partial charge in [0.15, 0.2) is 8.24 Å². The van der Waals surface area contributed by atoms with E-state index in [9.17, 15) is 0 Å². The molecule has 0 fully saturated rings. The van der Waals surface area contributed by atoms with Crippen molar-refractivity contribution in [1.82, 2.24) is 14.2 Å². The van der Waals surface area contributed by atoms with Crippen LogP contribution in [0.4, 0.5) is 0 Å². The van der Waals surface area contributed by atoms with Crippen LogP contribution in [0.2, 0.25) is 26.8 Å². The Morgan fingerprint density at radius 1 is 0.914 bits per heavy atom. The number of halogens is 2. The Kier molecular flexibility index (Phi) is 8.11. The van der Waals surface area contributed by atoms with Gasteiger partial charge in [-0.3, -0.25) is 0 Å². The number of thiazole rings is 1. The van der Waals surface area contributed by atoms with Gasteiger partial charge in [0.1, 0.15) is 10.8 Å². The number of aromatic nitrogens is 3. The lowest BCUT2D eigenvalue weighted by molar-refractivity contribution is 0.769. The molecule has 3 aromatic heterocycles. The van der Waals surface area contributed by atoms with Gasteiger partial charge in [-0.25, -0.2) is 9.97 Å².